The molecule has 21 heavy (non-hydrogen) atoms. The molecular weight excluding hydrogens is 274 g/mol. The molecule has 0 bridgehead atoms. The zero-order valence-corrected chi connectivity index (χ0v) is 12.2. The third kappa shape index (κ3) is 3.13. The smallest absolute Gasteiger partial charge is 0.293 e. The zero-order valence-electron chi connectivity index (χ0n) is 12.2. The molecule has 0 spiro atoms. The Balaban J connectivity index is 2.33. The molecule has 0 radical (unpaired) electrons. The number of carbonyl (C=O) groups is 1. The highest BCUT2D eigenvalue weighted by Crippen LogP contribution is 2.28. The van der Waals surface area contributed by atoms with E-state index >= 15 is 0 Å². The molecule has 0 aromatic heterocycles. The lowest BCUT2D eigenvalue weighted by atomic mass is 10.1. The second-order valence-electron chi connectivity index (χ2n) is 5.15. The molecule has 1 heterocycles. The van der Waals surface area contributed by atoms with Crippen LogP contribution in [0.15, 0.2) is 12.1 Å². The maximum Gasteiger partial charge on any atom is 0.293 e. The van der Waals surface area contributed by atoms with E-state index < -0.39 is 4.92 Å². The van der Waals surface area contributed by atoms with Crippen molar-refractivity contribution in [2.24, 2.45) is 0 Å². The molecule has 7 nitrogen and oxygen atoms in total. The normalized spacial score (nSPS) is 18.6. The Morgan fingerprint density at radius 2 is 2.29 bits per heavy atom. The van der Waals surface area contributed by atoms with E-state index in [1.54, 1.807) is 17.9 Å². The number of hydrogen-bond donors (Lipinski definition) is 1. The molecule has 2 N–H and O–H groups in total. The van der Waals surface area contributed by atoms with Crippen LogP contribution in [0.3, 0.4) is 0 Å². The molecule has 1 atom stereocenters. The molecule has 0 aliphatic carbocycles. The Hall–Kier alpha value is -2.15. The summed E-state index contributed by atoms with van der Waals surface area (Å²) < 4.78 is 5.53. The van der Waals surface area contributed by atoms with Gasteiger partial charge in [0.25, 0.3) is 11.6 Å². The molecule has 1 aliphatic heterocycles. The van der Waals surface area contributed by atoms with Gasteiger partial charge < -0.3 is 15.4 Å². The van der Waals surface area contributed by atoms with Gasteiger partial charge in [0.2, 0.25) is 0 Å². The number of carbonyl (C=O) groups excluding carboxylic acids is 1. The highest BCUT2D eigenvalue weighted by molar-refractivity contribution is 6.01. The Labute approximate surface area is 122 Å². The number of hydrogen-bond acceptors (Lipinski definition) is 5. The number of anilines is 1. The monoisotopic (exact) mass is 293 g/mol. The summed E-state index contributed by atoms with van der Waals surface area (Å²) in [6, 6.07) is 2.97. The third-order valence-electron chi connectivity index (χ3n) is 3.61. The number of nitrogen functional groups attached to an aromatic ring is 1. The minimum absolute atomic E-state index is 0.00344. The SMILES string of the molecule is CC[C@@H]1CN(C(=O)c2cc(C)cc([N+](=O)[O-])c2N)CCO1. The van der Waals surface area contributed by atoms with Gasteiger partial charge in [-0.15, -0.1) is 0 Å². The number of morpholine rings is 1. The van der Waals surface area contributed by atoms with Crippen LogP contribution in [0.2, 0.25) is 0 Å². The van der Waals surface area contributed by atoms with Gasteiger partial charge in [-0.1, -0.05) is 6.92 Å². The van der Waals surface area contributed by atoms with Gasteiger partial charge >= 0.3 is 0 Å². The predicted octanol–water partition coefficient (Wildman–Crippen LogP) is 1.74. The maximum absolute atomic E-state index is 12.6. The van der Waals surface area contributed by atoms with Crippen LogP contribution in [0.4, 0.5) is 11.4 Å². The quantitative estimate of drug-likeness (QED) is 0.520. The van der Waals surface area contributed by atoms with Crippen molar-refractivity contribution in [2.45, 2.75) is 26.4 Å². The summed E-state index contributed by atoms with van der Waals surface area (Å²) in [5.74, 6) is -0.277. The van der Waals surface area contributed by atoms with E-state index in [1.807, 2.05) is 6.92 Å². The summed E-state index contributed by atoms with van der Waals surface area (Å²) in [7, 11) is 0. The molecule has 1 aromatic carbocycles. The Kier molecular flexibility index (Phi) is 4.42. The number of nitrogens with zero attached hydrogens (tertiary/aromatic N) is 2. The molecule has 1 aromatic rings. The average molecular weight is 293 g/mol. The topological polar surface area (TPSA) is 98.7 Å². The van der Waals surface area contributed by atoms with Gasteiger partial charge in [-0.2, -0.15) is 0 Å². The molecule has 0 unspecified atom stereocenters. The summed E-state index contributed by atoms with van der Waals surface area (Å²) in [5, 5.41) is 11.0. The van der Waals surface area contributed by atoms with Gasteiger partial charge in [0.15, 0.2) is 0 Å². The highest BCUT2D eigenvalue weighted by Gasteiger charge is 2.28. The van der Waals surface area contributed by atoms with Crippen molar-refractivity contribution in [3.05, 3.63) is 33.4 Å². The van der Waals surface area contributed by atoms with Crippen LogP contribution in [0, 0.1) is 17.0 Å². The van der Waals surface area contributed by atoms with Crippen LogP contribution >= 0.6 is 0 Å². The fourth-order valence-electron chi connectivity index (χ4n) is 2.43. The maximum atomic E-state index is 12.6. The molecule has 114 valence electrons. The molecule has 1 saturated heterocycles. The lowest BCUT2D eigenvalue weighted by Crippen LogP contribution is -2.45. The van der Waals surface area contributed by atoms with Crippen LogP contribution in [0.25, 0.3) is 0 Å². The minimum atomic E-state index is -0.562. The summed E-state index contributed by atoms with van der Waals surface area (Å²) >= 11 is 0. The fourth-order valence-corrected chi connectivity index (χ4v) is 2.43. The van der Waals surface area contributed by atoms with Crippen molar-refractivity contribution >= 4 is 17.3 Å². The average Bonchev–Trinajstić information content (AvgIpc) is 2.48. The van der Waals surface area contributed by atoms with E-state index in [9.17, 15) is 14.9 Å². The number of nitro benzene ring substituents is 1. The molecule has 1 aliphatic rings. The van der Waals surface area contributed by atoms with Crippen molar-refractivity contribution in [3.63, 3.8) is 0 Å². The van der Waals surface area contributed by atoms with E-state index in [0.717, 1.165) is 6.42 Å². The van der Waals surface area contributed by atoms with E-state index in [0.29, 0.717) is 25.3 Å². The molecule has 0 saturated carbocycles. The Bertz CT molecular complexity index is 574. The van der Waals surface area contributed by atoms with Gasteiger partial charge in [0.1, 0.15) is 5.69 Å². The van der Waals surface area contributed by atoms with Crippen molar-refractivity contribution in [1.29, 1.82) is 0 Å². The molecule has 7 heteroatoms. The summed E-state index contributed by atoms with van der Waals surface area (Å²) in [6.45, 7) is 5.12. The first kappa shape index (κ1) is 15.2. The van der Waals surface area contributed by atoms with Gasteiger partial charge in [-0.25, -0.2) is 0 Å². The molecule has 1 fully saturated rings. The van der Waals surface area contributed by atoms with E-state index in [-0.39, 0.29) is 28.9 Å². The van der Waals surface area contributed by atoms with Gasteiger partial charge in [-0.05, 0) is 25.0 Å². The standard InChI is InChI=1S/C14H19N3O4/c1-3-10-8-16(4-5-21-10)14(18)11-6-9(2)7-12(13(11)15)17(19)20/h6-7,10H,3-5,8,15H2,1-2H3/t10-/m1/s1. The third-order valence-corrected chi connectivity index (χ3v) is 3.61. The Morgan fingerprint density at radius 3 is 2.90 bits per heavy atom. The first-order chi connectivity index (χ1) is 9.93. The fraction of sp³-hybridized carbons (Fsp3) is 0.500. The predicted molar refractivity (Wildman–Crippen MR) is 78.2 cm³/mol. The summed E-state index contributed by atoms with van der Waals surface area (Å²) in [5.41, 5.74) is 6.34. The van der Waals surface area contributed by atoms with Crippen LogP contribution in [-0.2, 0) is 4.74 Å². The number of benzene rings is 1. The van der Waals surface area contributed by atoms with Gasteiger partial charge in [-0.3, -0.25) is 14.9 Å². The number of nitro groups is 1. The molecule has 2 rings (SSSR count). The second-order valence-corrected chi connectivity index (χ2v) is 5.15. The van der Waals surface area contributed by atoms with Gasteiger partial charge in [0, 0.05) is 19.2 Å². The van der Waals surface area contributed by atoms with Crippen molar-refractivity contribution in [3.8, 4) is 0 Å². The van der Waals surface area contributed by atoms with Crippen LogP contribution in [0.1, 0.15) is 29.3 Å². The van der Waals surface area contributed by atoms with E-state index in [2.05, 4.69) is 0 Å². The van der Waals surface area contributed by atoms with E-state index in [4.69, 9.17) is 10.5 Å². The second kappa shape index (κ2) is 6.09. The van der Waals surface area contributed by atoms with Crippen molar-refractivity contribution < 1.29 is 14.5 Å². The van der Waals surface area contributed by atoms with Crippen LogP contribution in [0.5, 0.6) is 0 Å². The largest absolute Gasteiger partial charge is 0.393 e. The Morgan fingerprint density at radius 1 is 1.57 bits per heavy atom. The summed E-state index contributed by atoms with van der Waals surface area (Å²) in [4.78, 5) is 24.7. The van der Waals surface area contributed by atoms with Crippen molar-refractivity contribution in [1.82, 2.24) is 4.90 Å². The number of ether oxygens (including phenoxy) is 1. The zero-order chi connectivity index (χ0) is 15.6. The lowest BCUT2D eigenvalue weighted by molar-refractivity contribution is -0.384. The molecular formula is C14H19N3O4. The van der Waals surface area contributed by atoms with Crippen molar-refractivity contribution in [2.75, 3.05) is 25.4 Å². The number of nitrogens with two attached hydrogens (primary N) is 1. The first-order valence-corrected chi connectivity index (χ1v) is 6.89. The van der Waals surface area contributed by atoms with Gasteiger partial charge in [0.05, 0.1) is 23.2 Å². The van der Waals surface area contributed by atoms with Crippen LogP contribution < -0.4 is 5.73 Å². The highest BCUT2D eigenvalue weighted by atomic mass is 16.6. The summed E-state index contributed by atoms with van der Waals surface area (Å²) in [6.07, 6.45) is 0.816. The van der Waals surface area contributed by atoms with E-state index in [1.165, 1.54) is 6.07 Å². The first-order valence-electron chi connectivity index (χ1n) is 6.89. The molecule has 1 amide bonds. The minimum Gasteiger partial charge on any atom is -0.393 e. The van der Waals surface area contributed by atoms with Crippen LogP contribution in [-0.4, -0.2) is 41.5 Å². The number of amides is 1. The number of rotatable bonds is 3. The lowest BCUT2D eigenvalue weighted by Gasteiger charge is -2.32. The number of aryl methyl sites for hydroxylation is 1.